The fourth-order valence-corrected chi connectivity index (χ4v) is 3.67. The Morgan fingerprint density at radius 1 is 1.07 bits per heavy atom. The zero-order valence-electron chi connectivity index (χ0n) is 15.4. The van der Waals surface area contributed by atoms with E-state index in [1.807, 2.05) is 6.07 Å². The molecule has 0 bridgehead atoms. The lowest BCUT2D eigenvalue weighted by atomic mass is 10.1. The van der Waals surface area contributed by atoms with E-state index in [4.69, 9.17) is 0 Å². The molecule has 0 unspecified atom stereocenters. The highest BCUT2D eigenvalue weighted by Crippen LogP contribution is 2.35. The smallest absolute Gasteiger partial charge is 0.232 e. The topological polar surface area (TPSA) is 75.8 Å². The van der Waals surface area contributed by atoms with Crippen LogP contribution in [0.5, 0.6) is 0 Å². The van der Waals surface area contributed by atoms with Crippen LogP contribution in [0, 0.1) is 29.9 Å². The molecule has 5 nitrogen and oxygen atoms in total. The number of hydrogen-bond donors (Lipinski definition) is 0. The van der Waals surface area contributed by atoms with Gasteiger partial charge in [-0.15, -0.1) is 0 Å². The Bertz CT molecular complexity index is 1280. The highest BCUT2D eigenvalue weighted by atomic mass is 32.2. The second-order valence-corrected chi connectivity index (χ2v) is 8.43. The van der Waals surface area contributed by atoms with E-state index < -0.39 is 38.2 Å². The van der Waals surface area contributed by atoms with Gasteiger partial charge in [-0.2, -0.15) is 23.5 Å². The van der Waals surface area contributed by atoms with Crippen LogP contribution in [-0.2, 0) is 16.0 Å². The van der Waals surface area contributed by atoms with E-state index in [-0.39, 0.29) is 22.5 Å². The Hall–Kier alpha value is -3.26. The lowest BCUT2D eigenvalue weighted by molar-refractivity contribution is -0.141. The summed E-state index contributed by atoms with van der Waals surface area (Å²) in [7, 11) is -4.25. The molecule has 11 heteroatoms. The molecule has 0 atom stereocenters. The first-order valence-electron chi connectivity index (χ1n) is 8.21. The molecule has 3 rings (SSSR count). The minimum absolute atomic E-state index is 0.0515. The normalized spacial score (nSPS) is 12.1. The molecular formula is C19H12F5N3O2S. The summed E-state index contributed by atoms with van der Waals surface area (Å²) >= 11 is 0. The van der Waals surface area contributed by atoms with E-state index in [0.717, 1.165) is 4.68 Å². The third kappa shape index (κ3) is 3.91. The van der Waals surface area contributed by atoms with Crippen LogP contribution in [0.4, 0.5) is 22.0 Å². The Labute approximate surface area is 167 Å². The van der Waals surface area contributed by atoms with Crippen molar-refractivity contribution in [1.29, 1.82) is 5.26 Å². The summed E-state index contributed by atoms with van der Waals surface area (Å²) in [5, 5.41) is 12.7. The molecule has 0 aliphatic carbocycles. The summed E-state index contributed by atoms with van der Waals surface area (Å²) in [4.78, 5) is -1.18. The highest BCUT2D eigenvalue weighted by Gasteiger charge is 2.35. The maximum Gasteiger partial charge on any atom is 0.435 e. The van der Waals surface area contributed by atoms with E-state index in [9.17, 15) is 35.6 Å². The molecular weight excluding hydrogens is 429 g/mol. The number of aromatic nitrogens is 2. The van der Waals surface area contributed by atoms with Gasteiger partial charge in [0.2, 0.25) is 0 Å². The summed E-state index contributed by atoms with van der Waals surface area (Å²) in [6.45, 7) is 1.63. The van der Waals surface area contributed by atoms with Crippen LogP contribution in [0.2, 0.25) is 0 Å². The Morgan fingerprint density at radius 2 is 1.67 bits per heavy atom. The first-order chi connectivity index (χ1) is 13.8. The average molecular weight is 441 g/mol. The van der Waals surface area contributed by atoms with Gasteiger partial charge in [0.25, 0.3) is 0 Å². The standard InChI is InChI=1S/C19H12F5N3O2S/c1-10-3-4-13(5-12(10)9-25)27-16(8-17(26-27)19(22,23)24)11-6-14(20)18(15(21)7-11)30(2,28)29/h3-8H,1-2H3. The van der Waals surface area contributed by atoms with Crippen LogP contribution in [0.1, 0.15) is 16.8 Å². The minimum atomic E-state index is -4.85. The van der Waals surface area contributed by atoms with Crippen molar-refractivity contribution in [3.8, 4) is 23.0 Å². The summed E-state index contributed by atoms with van der Waals surface area (Å²) in [6.07, 6.45) is -4.25. The van der Waals surface area contributed by atoms with Crippen molar-refractivity contribution in [3.05, 3.63) is 64.9 Å². The van der Waals surface area contributed by atoms with E-state index >= 15 is 0 Å². The molecule has 0 aliphatic rings. The van der Waals surface area contributed by atoms with Crippen LogP contribution < -0.4 is 0 Å². The summed E-state index contributed by atoms with van der Waals surface area (Å²) < 4.78 is 92.3. The second kappa shape index (κ2) is 7.21. The minimum Gasteiger partial charge on any atom is -0.232 e. The second-order valence-electron chi connectivity index (χ2n) is 6.48. The zero-order chi connectivity index (χ0) is 22.4. The number of halogens is 5. The fraction of sp³-hybridized carbons (Fsp3) is 0.158. The molecule has 0 spiro atoms. The number of rotatable bonds is 3. The lowest BCUT2D eigenvalue weighted by Crippen LogP contribution is -2.08. The van der Waals surface area contributed by atoms with Crippen LogP contribution in [-0.4, -0.2) is 24.5 Å². The van der Waals surface area contributed by atoms with E-state index in [1.54, 1.807) is 6.92 Å². The van der Waals surface area contributed by atoms with Gasteiger partial charge in [-0.25, -0.2) is 21.9 Å². The van der Waals surface area contributed by atoms with Crippen molar-refractivity contribution in [2.45, 2.75) is 18.0 Å². The molecule has 1 aromatic heterocycles. The highest BCUT2D eigenvalue weighted by molar-refractivity contribution is 7.90. The van der Waals surface area contributed by atoms with E-state index in [0.29, 0.717) is 30.0 Å². The van der Waals surface area contributed by atoms with E-state index in [1.165, 1.54) is 18.2 Å². The number of hydrogen-bond acceptors (Lipinski definition) is 4. The maximum absolute atomic E-state index is 14.3. The molecule has 0 N–H and O–H groups in total. The van der Waals surface area contributed by atoms with Gasteiger partial charge in [-0.1, -0.05) is 6.07 Å². The van der Waals surface area contributed by atoms with Crippen molar-refractivity contribution in [2.24, 2.45) is 0 Å². The van der Waals surface area contributed by atoms with E-state index in [2.05, 4.69) is 5.10 Å². The zero-order valence-corrected chi connectivity index (χ0v) is 16.2. The largest absolute Gasteiger partial charge is 0.435 e. The first kappa shape index (κ1) is 21.4. The van der Waals surface area contributed by atoms with Crippen molar-refractivity contribution in [2.75, 3.05) is 6.26 Å². The Morgan fingerprint density at radius 3 is 2.17 bits per heavy atom. The Kier molecular flexibility index (Phi) is 5.16. The summed E-state index contributed by atoms with van der Waals surface area (Å²) in [5.41, 5.74) is -1.24. The number of aryl methyl sites for hydroxylation is 1. The van der Waals surface area contributed by atoms with Gasteiger partial charge in [-0.05, 0) is 42.8 Å². The molecule has 0 saturated heterocycles. The number of benzene rings is 2. The number of nitriles is 1. The van der Waals surface area contributed by atoms with Gasteiger partial charge < -0.3 is 0 Å². The van der Waals surface area contributed by atoms with Crippen LogP contribution in [0.3, 0.4) is 0 Å². The number of sulfone groups is 1. The Balaban J connectivity index is 2.31. The van der Waals surface area contributed by atoms with Gasteiger partial charge in [0.05, 0.1) is 23.0 Å². The van der Waals surface area contributed by atoms with Gasteiger partial charge in [0.1, 0.15) is 16.5 Å². The van der Waals surface area contributed by atoms with Crippen LogP contribution in [0.25, 0.3) is 16.9 Å². The molecule has 0 saturated carbocycles. The molecule has 156 valence electrons. The average Bonchev–Trinajstić information content (AvgIpc) is 3.06. The molecule has 3 aromatic rings. The maximum atomic E-state index is 14.3. The molecule has 0 amide bonds. The molecule has 2 aromatic carbocycles. The molecule has 0 aliphatic heterocycles. The number of alkyl halides is 3. The van der Waals surface area contributed by atoms with Crippen LogP contribution in [0.15, 0.2) is 41.3 Å². The SMILES string of the molecule is Cc1ccc(-n2nc(C(F)(F)F)cc2-c2cc(F)c(S(C)(=O)=O)c(F)c2)cc1C#N. The summed E-state index contributed by atoms with van der Waals surface area (Å²) in [6, 6.07) is 7.87. The van der Waals surface area contributed by atoms with Gasteiger partial charge in [0.15, 0.2) is 15.5 Å². The summed E-state index contributed by atoms with van der Waals surface area (Å²) in [5.74, 6) is -2.90. The van der Waals surface area contributed by atoms with Gasteiger partial charge >= 0.3 is 6.18 Å². The predicted octanol–water partition coefficient (Wildman–Crippen LogP) is 4.42. The van der Waals surface area contributed by atoms with Crippen LogP contribution >= 0.6 is 0 Å². The quantitative estimate of drug-likeness (QED) is 0.564. The number of nitrogens with zero attached hydrogens (tertiary/aromatic N) is 3. The molecule has 0 fully saturated rings. The molecule has 0 radical (unpaired) electrons. The molecule has 30 heavy (non-hydrogen) atoms. The molecule has 1 heterocycles. The lowest BCUT2D eigenvalue weighted by Gasteiger charge is -2.11. The van der Waals surface area contributed by atoms with Crippen molar-refractivity contribution < 1.29 is 30.4 Å². The third-order valence-corrected chi connectivity index (χ3v) is 5.38. The van der Waals surface area contributed by atoms with Gasteiger partial charge in [-0.3, -0.25) is 0 Å². The first-order valence-corrected chi connectivity index (χ1v) is 10.1. The third-order valence-electron chi connectivity index (χ3n) is 4.25. The van der Waals surface area contributed by atoms with Crippen molar-refractivity contribution >= 4 is 9.84 Å². The predicted molar refractivity (Wildman–Crippen MR) is 96.5 cm³/mol. The van der Waals surface area contributed by atoms with Crippen molar-refractivity contribution in [1.82, 2.24) is 9.78 Å². The van der Waals surface area contributed by atoms with Gasteiger partial charge in [0, 0.05) is 11.8 Å². The fourth-order valence-electron chi connectivity index (χ4n) is 2.85. The monoisotopic (exact) mass is 441 g/mol. The van der Waals surface area contributed by atoms with Crippen molar-refractivity contribution in [3.63, 3.8) is 0 Å².